The summed E-state index contributed by atoms with van der Waals surface area (Å²) in [6.07, 6.45) is 2.90. The largest absolute Gasteiger partial charge is 0.484 e. The molecule has 5 rings (SSSR count). The molecule has 1 unspecified atom stereocenters. The first-order valence-corrected chi connectivity index (χ1v) is 11.9. The molecule has 1 aliphatic carbocycles. The Morgan fingerprint density at radius 1 is 1.11 bits per heavy atom. The topological polar surface area (TPSA) is 151 Å². The number of benzene rings is 1. The summed E-state index contributed by atoms with van der Waals surface area (Å²) in [7, 11) is 0. The number of aromatic amines is 1. The fraction of sp³-hybridized carbons (Fsp3) is 0.417. The molecule has 13 heteroatoms. The molecule has 2 aromatic rings. The van der Waals surface area contributed by atoms with Crippen LogP contribution in [-0.4, -0.2) is 63.8 Å². The lowest BCUT2D eigenvalue weighted by Crippen LogP contribution is -2.54. The van der Waals surface area contributed by atoms with E-state index in [1.54, 1.807) is 0 Å². The number of fused-ring (bicyclic) bond motifs is 2. The van der Waals surface area contributed by atoms with Crippen molar-refractivity contribution >= 4 is 29.5 Å². The Bertz CT molecular complexity index is 1320. The summed E-state index contributed by atoms with van der Waals surface area (Å²) >= 11 is 0. The lowest BCUT2D eigenvalue weighted by atomic mass is 9.94. The van der Waals surface area contributed by atoms with E-state index in [0.717, 1.165) is 17.7 Å². The van der Waals surface area contributed by atoms with Crippen LogP contribution in [0.3, 0.4) is 0 Å². The lowest BCUT2D eigenvalue weighted by Gasteiger charge is -2.27. The van der Waals surface area contributed by atoms with Crippen LogP contribution in [0.2, 0.25) is 0 Å². The maximum absolute atomic E-state index is 14.7. The second kappa shape index (κ2) is 9.37. The van der Waals surface area contributed by atoms with Gasteiger partial charge in [0.15, 0.2) is 6.61 Å². The summed E-state index contributed by atoms with van der Waals surface area (Å²) in [6.45, 7) is -1.56. The molecule has 2 aliphatic heterocycles. The van der Waals surface area contributed by atoms with Crippen molar-refractivity contribution in [1.82, 2.24) is 25.7 Å². The van der Waals surface area contributed by atoms with Crippen LogP contribution >= 0.6 is 0 Å². The van der Waals surface area contributed by atoms with Gasteiger partial charge in [0.2, 0.25) is 11.8 Å². The minimum Gasteiger partial charge on any atom is -0.484 e. The zero-order chi connectivity index (χ0) is 26.3. The van der Waals surface area contributed by atoms with Crippen LogP contribution in [0.5, 0.6) is 5.75 Å². The van der Waals surface area contributed by atoms with Crippen LogP contribution in [-0.2, 0) is 33.1 Å². The van der Waals surface area contributed by atoms with Crippen LogP contribution < -0.4 is 15.4 Å². The van der Waals surface area contributed by atoms with Crippen molar-refractivity contribution in [1.29, 1.82) is 0 Å². The number of piperidine rings is 1. The van der Waals surface area contributed by atoms with Crippen LogP contribution in [0, 0.1) is 0 Å². The van der Waals surface area contributed by atoms with Gasteiger partial charge < -0.3 is 10.1 Å². The van der Waals surface area contributed by atoms with Gasteiger partial charge in [-0.15, -0.1) is 0 Å². The third kappa shape index (κ3) is 4.56. The molecule has 5 amide bonds. The Hall–Kier alpha value is -4.16. The monoisotopic (exact) mass is 515 g/mol. The molecule has 0 spiro atoms. The Kier molecular flexibility index (Phi) is 6.21. The van der Waals surface area contributed by atoms with E-state index in [1.807, 2.05) is 0 Å². The number of aryl methyl sites for hydroxylation is 1. The van der Waals surface area contributed by atoms with Crippen molar-refractivity contribution in [2.45, 2.75) is 50.5 Å². The van der Waals surface area contributed by atoms with E-state index >= 15 is 0 Å². The van der Waals surface area contributed by atoms with Gasteiger partial charge in [-0.1, -0.05) is 0 Å². The molecule has 11 nitrogen and oxygen atoms in total. The Balaban J connectivity index is 1.19. The van der Waals surface area contributed by atoms with Crippen molar-refractivity contribution in [2.24, 2.45) is 0 Å². The fourth-order valence-corrected chi connectivity index (χ4v) is 4.82. The molecule has 3 aliphatic rings. The number of hydrogen-bond acceptors (Lipinski definition) is 7. The van der Waals surface area contributed by atoms with E-state index in [2.05, 4.69) is 20.8 Å². The molecule has 3 N–H and O–H groups in total. The minimum absolute atomic E-state index is 0.00501. The number of amides is 5. The number of aromatic nitrogens is 2. The minimum atomic E-state index is -3.36. The molecule has 194 valence electrons. The first-order valence-electron chi connectivity index (χ1n) is 11.9. The third-order valence-electron chi connectivity index (χ3n) is 6.69. The highest BCUT2D eigenvalue weighted by molar-refractivity contribution is 6.23. The maximum atomic E-state index is 14.7. The molecule has 1 saturated heterocycles. The maximum Gasteiger partial charge on any atom is 0.308 e. The van der Waals surface area contributed by atoms with E-state index < -0.39 is 54.7 Å². The van der Waals surface area contributed by atoms with Gasteiger partial charge in [0.25, 0.3) is 17.7 Å². The number of H-pyrrole nitrogens is 1. The number of alkyl halides is 2. The zero-order valence-corrected chi connectivity index (χ0v) is 19.6. The fourth-order valence-electron chi connectivity index (χ4n) is 4.82. The lowest BCUT2D eigenvalue weighted by molar-refractivity contribution is -0.136. The Labute approximate surface area is 208 Å². The van der Waals surface area contributed by atoms with E-state index in [4.69, 9.17) is 4.74 Å². The first-order chi connectivity index (χ1) is 17.7. The van der Waals surface area contributed by atoms with Gasteiger partial charge in [0.05, 0.1) is 17.7 Å². The van der Waals surface area contributed by atoms with Crippen molar-refractivity contribution < 1.29 is 37.5 Å². The van der Waals surface area contributed by atoms with E-state index in [0.29, 0.717) is 24.1 Å². The highest BCUT2D eigenvalue weighted by Crippen LogP contribution is 2.33. The van der Waals surface area contributed by atoms with Gasteiger partial charge in [-0.2, -0.15) is 13.9 Å². The number of rotatable bonds is 7. The molecular weight excluding hydrogens is 492 g/mol. The van der Waals surface area contributed by atoms with Gasteiger partial charge in [0, 0.05) is 17.7 Å². The molecule has 3 heterocycles. The number of hydrogen-bond donors (Lipinski definition) is 3. The number of nitrogens with one attached hydrogen (secondary N) is 3. The summed E-state index contributed by atoms with van der Waals surface area (Å²) in [4.78, 5) is 62.1. The number of nitrogens with zero attached hydrogens (tertiary/aromatic N) is 2. The van der Waals surface area contributed by atoms with E-state index in [9.17, 15) is 32.8 Å². The zero-order valence-electron chi connectivity index (χ0n) is 19.6. The van der Waals surface area contributed by atoms with Gasteiger partial charge in [-0.25, -0.2) is 0 Å². The normalized spacial score (nSPS) is 19.4. The van der Waals surface area contributed by atoms with Crippen molar-refractivity contribution in [3.63, 3.8) is 0 Å². The predicted molar refractivity (Wildman–Crippen MR) is 121 cm³/mol. The van der Waals surface area contributed by atoms with Gasteiger partial charge in [-0.3, -0.25) is 39.3 Å². The van der Waals surface area contributed by atoms with Gasteiger partial charge in [0.1, 0.15) is 17.5 Å². The quantitative estimate of drug-likeness (QED) is 0.465. The summed E-state index contributed by atoms with van der Waals surface area (Å²) in [6, 6.07) is 2.82. The Morgan fingerprint density at radius 3 is 2.65 bits per heavy atom. The molecular formula is C24H23F2N5O6. The average molecular weight is 515 g/mol. The van der Waals surface area contributed by atoms with E-state index in [-0.39, 0.29) is 35.4 Å². The Morgan fingerprint density at radius 2 is 1.86 bits per heavy atom. The summed E-state index contributed by atoms with van der Waals surface area (Å²) in [5.74, 6) is -6.73. The second-order valence-corrected chi connectivity index (χ2v) is 9.16. The SMILES string of the molecule is O=C(COc1ccc2c(c1)C(=O)N(C1CCC(=O)NC1=O)C2=O)NCC(F)(F)c1n[nH]c2c1CCCC2. The number of ether oxygens (including phenoxy) is 1. The third-order valence-corrected chi connectivity index (χ3v) is 6.69. The number of halogens is 2. The molecule has 0 saturated carbocycles. The van der Waals surface area contributed by atoms with Gasteiger partial charge in [-0.05, 0) is 50.3 Å². The second-order valence-electron chi connectivity index (χ2n) is 9.16. The molecule has 0 bridgehead atoms. The molecule has 1 aromatic carbocycles. The van der Waals surface area contributed by atoms with Crippen molar-refractivity contribution in [3.8, 4) is 5.75 Å². The number of carbonyl (C=O) groups is 5. The summed E-state index contributed by atoms with van der Waals surface area (Å²) in [5, 5.41) is 10.7. The van der Waals surface area contributed by atoms with Gasteiger partial charge >= 0.3 is 5.92 Å². The molecule has 1 fully saturated rings. The van der Waals surface area contributed by atoms with E-state index in [1.165, 1.54) is 18.2 Å². The molecule has 37 heavy (non-hydrogen) atoms. The highest BCUT2D eigenvalue weighted by atomic mass is 19.3. The summed E-state index contributed by atoms with van der Waals surface area (Å²) < 4.78 is 34.8. The molecule has 1 atom stereocenters. The molecule has 0 radical (unpaired) electrons. The number of imide groups is 2. The van der Waals surface area contributed by atoms with Crippen LogP contribution in [0.15, 0.2) is 18.2 Å². The molecule has 1 aromatic heterocycles. The highest BCUT2D eigenvalue weighted by Gasteiger charge is 2.45. The van der Waals surface area contributed by atoms with Crippen LogP contribution in [0.25, 0.3) is 0 Å². The smallest absolute Gasteiger partial charge is 0.308 e. The van der Waals surface area contributed by atoms with Crippen LogP contribution in [0.1, 0.15) is 63.4 Å². The van der Waals surface area contributed by atoms with Crippen molar-refractivity contribution in [3.05, 3.63) is 46.3 Å². The number of carbonyl (C=O) groups excluding carboxylic acids is 5. The average Bonchev–Trinajstić information content (AvgIpc) is 3.42. The summed E-state index contributed by atoms with van der Waals surface area (Å²) in [5.41, 5.74) is 0.878. The predicted octanol–water partition coefficient (Wildman–Crippen LogP) is 0.977. The van der Waals surface area contributed by atoms with Crippen molar-refractivity contribution in [2.75, 3.05) is 13.2 Å². The standard InChI is InChI=1S/C24H23F2N5O6/c25-24(26,20-14-3-1-2-4-16(14)29-30-20)11-27-19(33)10-37-12-5-6-13-15(9-12)23(36)31(22(13)35)17-7-8-18(32)28-21(17)34/h5-6,9,17H,1-4,7-8,10-11H2,(H,27,33)(H,29,30)(H,28,32,34). The first kappa shape index (κ1) is 24.5. The van der Waals surface area contributed by atoms with Crippen LogP contribution in [0.4, 0.5) is 8.78 Å².